The van der Waals surface area contributed by atoms with Gasteiger partial charge in [0.25, 0.3) is 10.0 Å². The molecule has 20 heavy (non-hydrogen) atoms. The maximum atomic E-state index is 13.5. The van der Waals surface area contributed by atoms with Crippen molar-refractivity contribution in [2.45, 2.75) is 4.90 Å². The second kappa shape index (κ2) is 5.10. The number of hydrogen-bond donors (Lipinski definition) is 2. The van der Waals surface area contributed by atoms with Crippen molar-refractivity contribution in [3.63, 3.8) is 0 Å². The lowest BCUT2D eigenvalue weighted by molar-refractivity contribution is 0.0696. The van der Waals surface area contributed by atoms with Crippen molar-refractivity contribution in [3.8, 4) is 0 Å². The van der Waals surface area contributed by atoms with Crippen LogP contribution < -0.4 is 4.72 Å². The highest BCUT2D eigenvalue weighted by Crippen LogP contribution is 2.25. The van der Waals surface area contributed by atoms with Crippen LogP contribution in [-0.2, 0) is 10.0 Å². The molecule has 2 aromatic rings. The minimum absolute atomic E-state index is 0.0113. The number of anilines is 1. The van der Waals surface area contributed by atoms with Gasteiger partial charge >= 0.3 is 5.97 Å². The van der Waals surface area contributed by atoms with Crippen molar-refractivity contribution in [1.29, 1.82) is 0 Å². The monoisotopic (exact) mass is 320 g/mol. The standard InChI is InChI=1S/C10H6ClFN2O5S/c11-9-7(10(15)16)1-6(2-8(9)12)20(17,18)14-5-3-13-19-4-5/h1-4,14H,(H,15,16). The summed E-state index contributed by atoms with van der Waals surface area (Å²) in [5.41, 5.74) is -0.644. The molecule has 0 atom stereocenters. The van der Waals surface area contributed by atoms with Gasteiger partial charge < -0.3 is 9.63 Å². The normalized spacial score (nSPS) is 11.3. The first kappa shape index (κ1) is 14.3. The van der Waals surface area contributed by atoms with Crippen molar-refractivity contribution in [3.05, 3.63) is 41.0 Å². The molecular weight excluding hydrogens is 315 g/mol. The topological polar surface area (TPSA) is 110 Å². The predicted molar refractivity (Wildman–Crippen MR) is 65.7 cm³/mol. The van der Waals surface area contributed by atoms with E-state index in [0.717, 1.165) is 18.5 Å². The first-order valence-corrected chi connectivity index (χ1v) is 6.82. The van der Waals surface area contributed by atoms with Crippen LogP contribution in [0.3, 0.4) is 0 Å². The Hall–Kier alpha value is -2.13. The Kier molecular flexibility index (Phi) is 3.64. The number of nitrogens with zero attached hydrogens (tertiary/aromatic N) is 1. The van der Waals surface area contributed by atoms with Gasteiger partial charge in [-0.1, -0.05) is 16.8 Å². The van der Waals surface area contributed by atoms with Gasteiger partial charge in [-0.05, 0) is 12.1 Å². The zero-order valence-corrected chi connectivity index (χ0v) is 11.1. The molecular formula is C10H6ClFN2O5S. The molecule has 2 rings (SSSR count). The van der Waals surface area contributed by atoms with Crippen LogP contribution in [-0.4, -0.2) is 24.7 Å². The average Bonchev–Trinajstić information content (AvgIpc) is 2.83. The van der Waals surface area contributed by atoms with E-state index in [0.29, 0.717) is 6.07 Å². The molecule has 0 spiro atoms. The van der Waals surface area contributed by atoms with Crippen LogP contribution in [0.2, 0.25) is 5.02 Å². The summed E-state index contributed by atoms with van der Waals surface area (Å²) >= 11 is 5.46. The van der Waals surface area contributed by atoms with Gasteiger partial charge in [-0.25, -0.2) is 17.6 Å². The van der Waals surface area contributed by atoms with Crippen LogP contribution in [0.25, 0.3) is 0 Å². The van der Waals surface area contributed by atoms with E-state index in [2.05, 4.69) is 9.68 Å². The molecule has 0 fully saturated rings. The first-order chi connectivity index (χ1) is 9.31. The summed E-state index contributed by atoms with van der Waals surface area (Å²) in [5.74, 6) is -2.70. The summed E-state index contributed by atoms with van der Waals surface area (Å²) in [5, 5.41) is 11.5. The van der Waals surface area contributed by atoms with Crippen LogP contribution in [0.15, 0.2) is 34.0 Å². The number of benzene rings is 1. The van der Waals surface area contributed by atoms with Crippen LogP contribution in [0.5, 0.6) is 0 Å². The lowest BCUT2D eigenvalue weighted by Crippen LogP contribution is -2.14. The zero-order chi connectivity index (χ0) is 14.9. The molecule has 1 heterocycles. The number of aromatic carboxylic acids is 1. The number of aromatic nitrogens is 1. The summed E-state index contributed by atoms with van der Waals surface area (Å²) in [4.78, 5) is 10.3. The smallest absolute Gasteiger partial charge is 0.337 e. The lowest BCUT2D eigenvalue weighted by Gasteiger charge is -2.08. The Morgan fingerprint density at radius 1 is 1.45 bits per heavy atom. The molecule has 0 saturated carbocycles. The SMILES string of the molecule is O=C(O)c1cc(S(=O)(=O)Nc2cnoc2)cc(F)c1Cl. The van der Waals surface area contributed by atoms with E-state index in [1.54, 1.807) is 0 Å². The van der Waals surface area contributed by atoms with Gasteiger partial charge in [0.2, 0.25) is 0 Å². The van der Waals surface area contributed by atoms with Gasteiger partial charge in [0, 0.05) is 0 Å². The number of rotatable bonds is 4. The number of sulfonamides is 1. The molecule has 106 valence electrons. The fourth-order valence-corrected chi connectivity index (χ4v) is 2.59. The fourth-order valence-electron chi connectivity index (χ4n) is 1.34. The summed E-state index contributed by atoms with van der Waals surface area (Å²) < 4.78 is 43.9. The van der Waals surface area contributed by atoms with E-state index < -0.39 is 37.3 Å². The van der Waals surface area contributed by atoms with Gasteiger partial charge in [0.05, 0.1) is 21.7 Å². The van der Waals surface area contributed by atoms with Gasteiger partial charge in [0.1, 0.15) is 17.8 Å². The average molecular weight is 321 g/mol. The van der Waals surface area contributed by atoms with E-state index >= 15 is 0 Å². The highest BCUT2D eigenvalue weighted by molar-refractivity contribution is 7.92. The number of carboxylic acid groups (broad SMARTS) is 1. The van der Waals surface area contributed by atoms with E-state index in [1.165, 1.54) is 0 Å². The van der Waals surface area contributed by atoms with Crippen molar-refractivity contribution in [2.24, 2.45) is 0 Å². The minimum Gasteiger partial charge on any atom is -0.478 e. The predicted octanol–water partition coefficient (Wildman–Crippen LogP) is 1.97. The largest absolute Gasteiger partial charge is 0.478 e. The van der Waals surface area contributed by atoms with Crippen LogP contribution in [0.1, 0.15) is 10.4 Å². The molecule has 0 radical (unpaired) electrons. The molecule has 1 aromatic carbocycles. The summed E-state index contributed by atoms with van der Waals surface area (Å²) in [6.45, 7) is 0. The van der Waals surface area contributed by atoms with E-state index in [4.69, 9.17) is 16.7 Å². The Bertz CT molecular complexity index is 760. The summed E-state index contributed by atoms with van der Waals surface area (Å²) in [6.07, 6.45) is 2.10. The molecule has 10 heteroatoms. The first-order valence-electron chi connectivity index (χ1n) is 4.96. The molecule has 0 aliphatic heterocycles. The van der Waals surface area contributed by atoms with Crippen LogP contribution in [0, 0.1) is 5.82 Å². The quantitative estimate of drug-likeness (QED) is 0.891. The molecule has 0 saturated heterocycles. The number of nitrogens with one attached hydrogen (secondary N) is 1. The molecule has 0 aliphatic carbocycles. The highest BCUT2D eigenvalue weighted by Gasteiger charge is 2.22. The van der Waals surface area contributed by atoms with E-state index in [1.807, 2.05) is 4.72 Å². The van der Waals surface area contributed by atoms with Gasteiger partial charge in [-0.2, -0.15) is 0 Å². The molecule has 7 nitrogen and oxygen atoms in total. The Labute approximate surface area is 117 Å². The molecule has 2 N–H and O–H groups in total. The third-order valence-corrected chi connectivity index (χ3v) is 3.97. The number of carbonyl (C=O) groups is 1. The number of hydrogen-bond acceptors (Lipinski definition) is 5. The second-order valence-corrected chi connectivity index (χ2v) is 5.65. The third kappa shape index (κ3) is 2.73. The summed E-state index contributed by atoms with van der Waals surface area (Å²) in [7, 11) is -4.19. The lowest BCUT2D eigenvalue weighted by atomic mass is 10.2. The minimum atomic E-state index is -4.19. The molecule has 1 aromatic heterocycles. The molecule has 0 bridgehead atoms. The zero-order valence-electron chi connectivity index (χ0n) is 9.50. The number of carboxylic acids is 1. The van der Waals surface area contributed by atoms with Crippen molar-refractivity contribution < 1.29 is 27.2 Å². The highest BCUT2D eigenvalue weighted by atomic mass is 35.5. The summed E-state index contributed by atoms with van der Waals surface area (Å²) in [6, 6.07) is 1.37. The maximum absolute atomic E-state index is 13.5. The second-order valence-electron chi connectivity index (χ2n) is 3.59. The molecule has 0 amide bonds. The Balaban J connectivity index is 2.49. The fraction of sp³-hybridized carbons (Fsp3) is 0. The van der Waals surface area contributed by atoms with Gasteiger partial charge in [0.15, 0.2) is 0 Å². The van der Waals surface area contributed by atoms with Crippen LogP contribution in [0.4, 0.5) is 10.1 Å². The maximum Gasteiger partial charge on any atom is 0.337 e. The van der Waals surface area contributed by atoms with Crippen molar-refractivity contribution in [1.82, 2.24) is 5.16 Å². The van der Waals surface area contributed by atoms with Crippen LogP contribution >= 0.6 is 11.6 Å². The van der Waals surface area contributed by atoms with E-state index in [-0.39, 0.29) is 5.69 Å². The Morgan fingerprint density at radius 2 is 2.15 bits per heavy atom. The van der Waals surface area contributed by atoms with Gasteiger partial charge in [-0.3, -0.25) is 4.72 Å². The van der Waals surface area contributed by atoms with Crippen molar-refractivity contribution >= 4 is 33.3 Å². The molecule has 0 unspecified atom stereocenters. The van der Waals surface area contributed by atoms with Crippen molar-refractivity contribution in [2.75, 3.05) is 4.72 Å². The molecule has 0 aliphatic rings. The van der Waals surface area contributed by atoms with Gasteiger partial charge in [-0.15, -0.1) is 0 Å². The third-order valence-electron chi connectivity index (χ3n) is 2.23. The number of halogens is 2. The van der Waals surface area contributed by atoms with E-state index in [9.17, 15) is 17.6 Å². The Morgan fingerprint density at radius 3 is 2.70 bits per heavy atom.